The molecule has 0 bridgehead atoms. The van der Waals surface area contributed by atoms with Crippen LogP contribution in [0, 0.1) is 19.8 Å². The number of hydrogen-bond acceptors (Lipinski definition) is 4. The molecule has 0 radical (unpaired) electrons. The lowest BCUT2D eigenvalue weighted by Gasteiger charge is -2.15. The van der Waals surface area contributed by atoms with Crippen molar-refractivity contribution in [1.82, 2.24) is 10.3 Å². The van der Waals surface area contributed by atoms with Crippen LogP contribution in [0.15, 0.2) is 6.07 Å². The van der Waals surface area contributed by atoms with Crippen molar-refractivity contribution in [2.45, 2.75) is 47.6 Å². The second-order valence-corrected chi connectivity index (χ2v) is 5.85. The van der Waals surface area contributed by atoms with Gasteiger partial charge in [0.25, 0.3) is 0 Å². The van der Waals surface area contributed by atoms with Gasteiger partial charge in [-0.1, -0.05) is 20.8 Å². The highest BCUT2D eigenvalue weighted by Crippen LogP contribution is 2.21. The van der Waals surface area contributed by atoms with Crippen LogP contribution < -0.4 is 10.1 Å². The molecule has 0 saturated heterocycles. The molecule has 120 valence electrons. The van der Waals surface area contributed by atoms with E-state index in [0.717, 1.165) is 43.3 Å². The molecule has 4 heteroatoms. The summed E-state index contributed by atoms with van der Waals surface area (Å²) >= 11 is 0. The third kappa shape index (κ3) is 6.91. The van der Waals surface area contributed by atoms with Crippen molar-refractivity contribution in [3.63, 3.8) is 0 Å². The largest absolute Gasteiger partial charge is 0.475 e. The van der Waals surface area contributed by atoms with Gasteiger partial charge in [-0.25, -0.2) is 4.98 Å². The second-order valence-electron chi connectivity index (χ2n) is 5.85. The van der Waals surface area contributed by atoms with Gasteiger partial charge in [0.05, 0.1) is 6.61 Å². The predicted molar refractivity (Wildman–Crippen MR) is 86.9 cm³/mol. The van der Waals surface area contributed by atoms with E-state index in [9.17, 15) is 0 Å². The fourth-order valence-electron chi connectivity index (χ4n) is 2.09. The highest BCUT2D eigenvalue weighted by atomic mass is 16.5. The minimum absolute atomic E-state index is 0.549. The Morgan fingerprint density at radius 2 is 1.95 bits per heavy atom. The van der Waals surface area contributed by atoms with Crippen molar-refractivity contribution in [3.8, 4) is 5.88 Å². The molecule has 0 atom stereocenters. The Bertz CT molecular complexity index is 419. The third-order valence-corrected chi connectivity index (χ3v) is 3.11. The molecule has 1 aromatic rings. The molecule has 0 saturated carbocycles. The SMILES string of the molecule is CCCOCCOc1nc(C)cc(C)c1CNCC(C)C. The van der Waals surface area contributed by atoms with Crippen LogP contribution in [0.1, 0.15) is 44.0 Å². The average molecular weight is 294 g/mol. The third-order valence-electron chi connectivity index (χ3n) is 3.11. The zero-order valence-electron chi connectivity index (χ0n) is 14.2. The normalized spacial score (nSPS) is 11.1. The van der Waals surface area contributed by atoms with E-state index >= 15 is 0 Å². The maximum absolute atomic E-state index is 5.83. The summed E-state index contributed by atoms with van der Waals surface area (Å²) in [7, 11) is 0. The lowest BCUT2D eigenvalue weighted by molar-refractivity contribution is 0.0985. The van der Waals surface area contributed by atoms with E-state index in [1.165, 1.54) is 5.56 Å². The molecule has 0 spiro atoms. The Morgan fingerprint density at radius 1 is 1.19 bits per heavy atom. The lowest BCUT2D eigenvalue weighted by atomic mass is 10.1. The van der Waals surface area contributed by atoms with Gasteiger partial charge < -0.3 is 14.8 Å². The van der Waals surface area contributed by atoms with Gasteiger partial charge in [0.2, 0.25) is 5.88 Å². The molecule has 0 aliphatic heterocycles. The molecule has 0 aliphatic carbocycles. The van der Waals surface area contributed by atoms with E-state index in [4.69, 9.17) is 9.47 Å². The minimum atomic E-state index is 0.549. The summed E-state index contributed by atoms with van der Waals surface area (Å²) in [6.07, 6.45) is 1.03. The van der Waals surface area contributed by atoms with E-state index in [1.807, 2.05) is 6.92 Å². The first kappa shape index (κ1) is 17.9. The predicted octanol–water partition coefficient (Wildman–Crippen LogP) is 3.25. The van der Waals surface area contributed by atoms with E-state index in [1.54, 1.807) is 0 Å². The van der Waals surface area contributed by atoms with Crippen LogP contribution in [0.2, 0.25) is 0 Å². The quantitative estimate of drug-likeness (QED) is 0.673. The lowest BCUT2D eigenvalue weighted by Crippen LogP contribution is -2.21. The van der Waals surface area contributed by atoms with Crippen LogP contribution in [-0.2, 0) is 11.3 Å². The van der Waals surface area contributed by atoms with Crippen LogP contribution >= 0.6 is 0 Å². The fourth-order valence-corrected chi connectivity index (χ4v) is 2.09. The van der Waals surface area contributed by atoms with Crippen molar-refractivity contribution in [1.29, 1.82) is 0 Å². The number of rotatable bonds is 10. The van der Waals surface area contributed by atoms with E-state index in [0.29, 0.717) is 19.1 Å². The van der Waals surface area contributed by atoms with Crippen LogP contribution in [0.3, 0.4) is 0 Å². The number of aryl methyl sites for hydroxylation is 2. The zero-order chi connectivity index (χ0) is 15.7. The van der Waals surface area contributed by atoms with Crippen molar-refractivity contribution in [2.75, 3.05) is 26.4 Å². The summed E-state index contributed by atoms with van der Waals surface area (Å²) in [6, 6.07) is 2.10. The zero-order valence-corrected chi connectivity index (χ0v) is 14.2. The maximum atomic E-state index is 5.83. The number of ether oxygens (including phenoxy) is 2. The molecule has 0 amide bonds. The number of hydrogen-bond donors (Lipinski definition) is 1. The Hall–Kier alpha value is -1.13. The first-order valence-corrected chi connectivity index (χ1v) is 7.93. The molecule has 1 rings (SSSR count). The number of aromatic nitrogens is 1. The molecule has 1 N–H and O–H groups in total. The van der Waals surface area contributed by atoms with Crippen molar-refractivity contribution >= 4 is 0 Å². The van der Waals surface area contributed by atoms with E-state index in [2.05, 4.69) is 44.1 Å². The van der Waals surface area contributed by atoms with Gasteiger partial charge in [-0.3, -0.25) is 0 Å². The van der Waals surface area contributed by atoms with Gasteiger partial charge in [0.15, 0.2) is 0 Å². The smallest absolute Gasteiger partial charge is 0.218 e. The molecule has 0 aromatic carbocycles. The summed E-state index contributed by atoms with van der Waals surface area (Å²) in [4.78, 5) is 4.53. The molecular formula is C17H30N2O2. The summed E-state index contributed by atoms with van der Waals surface area (Å²) < 4.78 is 11.3. The standard InChI is InChI=1S/C17H30N2O2/c1-6-7-20-8-9-21-17-16(12-18-11-13(2)3)14(4)10-15(5)19-17/h10,13,18H,6-9,11-12H2,1-5H3. The van der Waals surface area contributed by atoms with Crippen molar-refractivity contribution < 1.29 is 9.47 Å². The van der Waals surface area contributed by atoms with Gasteiger partial charge in [-0.15, -0.1) is 0 Å². The monoisotopic (exact) mass is 294 g/mol. The molecule has 1 heterocycles. The Kier molecular flexibility index (Phi) is 8.31. The highest BCUT2D eigenvalue weighted by Gasteiger charge is 2.10. The highest BCUT2D eigenvalue weighted by molar-refractivity contribution is 5.35. The van der Waals surface area contributed by atoms with Gasteiger partial charge in [-0.05, 0) is 44.4 Å². The second kappa shape index (κ2) is 9.74. The van der Waals surface area contributed by atoms with Crippen molar-refractivity contribution in [3.05, 3.63) is 22.9 Å². The molecule has 0 fully saturated rings. The summed E-state index contributed by atoms with van der Waals surface area (Å²) in [5, 5.41) is 3.46. The van der Waals surface area contributed by atoms with E-state index in [-0.39, 0.29) is 0 Å². The summed E-state index contributed by atoms with van der Waals surface area (Å²) in [5.41, 5.74) is 3.37. The molecule has 1 aromatic heterocycles. The summed E-state index contributed by atoms with van der Waals surface area (Å²) in [5.74, 6) is 1.37. The summed E-state index contributed by atoms with van der Waals surface area (Å²) in [6.45, 7) is 14.4. The number of pyridine rings is 1. The molecular weight excluding hydrogens is 264 g/mol. The van der Waals surface area contributed by atoms with Gasteiger partial charge in [0.1, 0.15) is 6.61 Å². The van der Waals surface area contributed by atoms with Crippen LogP contribution in [0.5, 0.6) is 5.88 Å². The van der Waals surface area contributed by atoms with Crippen LogP contribution in [0.4, 0.5) is 0 Å². The maximum Gasteiger partial charge on any atom is 0.218 e. The molecule has 4 nitrogen and oxygen atoms in total. The Labute approximate surface area is 129 Å². The van der Waals surface area contributed by atoms with Gasteiger partial charge in [-0.2, -0.15) is 0 Å². The Balaban J connectivity index is 2.62. The van der Waals surface area contributed by atoms with Gasteiger partial charge in [0, 0.05) is 24.4 Å². The minimum Gasteiger partial charge on any atom is -0.475 e. The molecule has 0 unspecified atom stereocenters. The molecule has 21 heavy (non-hydrogen) atoms. The topological polar surface area (TPSA) is 43.4 Å². The first-order chi connectivity index (χ1) is 10.0. The van der Waals surface area contributed by atoms with Gasteiger partial charge >= 0.3 is 0 Å². The Morgan fingerprint density at radius 3 is 2.62 bits per heavy atom. The van der Waals surface area contributed by atoms with E-state index < -0.39 is 0 Å². The number of nitrogens with zero attached hydrogens (tertiary/aromatic N) is 1. The fraction of sp³-hybridized carbons (Fsp3) is 0.706. The molecule has 0 aliphatic rings. The number of nitrogens with one attached hydrogen (secondary N) is 1. The first-order valence-electron chi connectivity index (χ1n) is 7.93. The van der Waals surface area contributed by atoms with Crippen molar-refractivity contribution in [2.24, 2.45) is 5.92 Å². The average Bonchev–Trinajstić information content (AvgIpc) is 2.41. The van der Waals surface area contributed by atoms with Crippen LogP contribution in [-0.4, -0.2) is 31.3 Å². The van der Waals surface area contributed by atoms with Crippen LogP contribution in [0.25, 0.3) is 0 Å².